The van der Waals surface area contributed by atoms with Crippen LogP contribution in [0.1, 0.15) is 31.9 Å². The number of carbonyl (C=O) groups excluding carboxylic acids is 2. The van der Waals surface area contributed by atoms with Crippen molar-refractivity contribution in [2.45, 2.75) is 39.8 Å². The minimum atomic E-state index is -0.579. The maximum Gasteiger partial charge on any atom is 0.242 e. The highest BCUT2D eigenvalue weighted by Gasteiger charge is 2.26. The van der Waals surface area contributed by atoms with Crippen molar-refractivity contribution in [1.29, 1.82) is 0 Å². The molecule has 0 aliphatic carbocycles. The smallest absolute Gasteiger partial charge is 0.242 e. The van der Waals surface area contributed by atoms with Gasteiger partial charge in [0.05, 0.1) is 6.42 Å². The molecule has 2 aromatic carbocycles. The molecule has 0 radical (unpaired) electrons. The number of hydrogen-bond acceptors (Lipinski definition) is 2. The SMILES string of the molecule is CC(C)CNC(=O)[C@H](C)N(Cc1cccc(Br)c1)C(=O)Cc1cccc(Cl)c1. The first-order valence-electron chi connectivity index (χ1n) is 9.32. The highest BCUT2D eigenvalue weighted by molar-refractivity contribution is 9.10. The number of benzene rings is 2. The highest BCUT2D eigenvalue weighted by atomic mass is 79.9. The Kier molecular flexibility index (Phi) is 8.52. The van der Waals surface area contributed by atoms with Gasteiger partial charge in [-0.25, -0.2) is 0 Å². The minimum absolute atomic E-state index is 0.116. The Balaban J connectivity index is 2.21. The number of nitrogens with one attached hydrogen (secondary N) is 1. The Morgan fingerprint density at radius 2 is 1.75 bits per heavy atom. The van der Waals surface area contributed by atoms with Gasteiger partial charge in [0.1, 0.15) is 6.04 Å². The van der Waals surface area contributed by atoms with Crippen molar-refractivity contribution >= 4 is 39.3 Å². The van der Waals surface area contributed by atoms with Crippen LogP contribution in [-0.2, 0) is 22.6 Å². The summed E-state index contributed by atoms with van der Waals surface area (Å²) in [6, 6.07) is 14.4. The molecule has 0 saturated carbocycles. The highest BCUT2D eigenvalue weighted by Crippen LogP contribution is 2.17. The van der Waals surface area contributed by atoms with E-state index in [1.54, 1.807) is 24.0 Å². The lowest BCUT2D eigenvalue weighted by atomic mass is 10.1. The topological polar surface area (TPSA) is 49.4 Å². The van der Waals surface area contributed by atoms with Crippen LogP contribution in [0.2, 0.25) is 5.02 Å². The van der Waals surface area contributed by atoms with E-state index >= 15 is 0 Å². The van der Waals surface area contributed by atoms with E-state index in [0.29, 0.717) is 24.0 Å². The fourth-order valence-corrected chi connectivity index (χ4v) is 3.45. The predicted molar refractivity (Wildman–Crippen MR) is 117 cm³/mol. The van der Waals surface area contributed by atoms with Crippen LogP contribution in [0.4, 0.5) is 0 Å². The molecule has 0 heterocycles. The monoisotopic (exact) mass is 464 g/mol. The van der Waals surface area contributed by atoms with Crippen LogP contribution in [0.15, 0.2) is 53.0 Å². The van der Waals surface area contributed by atoms with Crippen LogP contribution < -0.4 is 5.32 Å². The summed E-state index contributed by atoms with van der Waals surface area (Å²) in [5.74, 6) is 0.0782. The molecule has 0 fully saturated rings. The van der Waals surface area contributed by atoms with Gasteiger partial charge in [-0.05, 0) is 48.2 Å². The normalized spacial score (nSPS) is 11.9. The van der Waals surface area contributed by atoms with Crippen LogP contribution in [0.5, 0.6) is 0 Å². The zero-order chi connectivity index (χ0) is 20.7. The van der Waals surface area contributed by atoms with E-state index in [1.165, 1.54) is 0 Å². The molecule has 0 saturated heterocycles. The standard InChI is InChI=1S/C22H26BrClN2O2/c1-15(2)13-25-22(28)16(3)26(14-18-7-4-8-19(23)10-18)21(27)12-17-6-5-9-20(24)11-17/h4-11,15-16H,12-14H2,1-3H3,(H,25,28)/t16-/m0/s1. The maximum atomic E-state index is 13.1. The largest absolute Gasteiger partial charge is 0.354 e. The number of halogens is 2. The third kappa shape index (κ3) is 6.95. The van der Waals surface area contributed by atoms with Crippen molar-refractivity contribution < 1.29 is 9.59 Å². The number of rotatable bonds is 8. The summed E-state index contributed by atoms with van der Waals surface area (Å²) in [6.45, 7) is 6.78. The Bertz CT molecular complexity index is 826. The first-order chi connectivity index (χ1) is 13.3. The fraction of sp³-hybridized carbons (Fsp3) is 0.364. The molecule has 0 aliphatic rings. The van der Waals surface area contributed by atoms with E-state index in [1.807, 2.05) is 50.2 Å². The van der Waals surface area contributed by atoms with Crippen molar-refractivity contribution in [2.75, 3.05) is 6.54 Å². The van der Waals surface area contributed by atoms with E-state index in [2.05, 4.69) is 21.2 Å². The van der Waals surface area contributed by atoms with Crippen LogP contribution in [0, 0.1) is 5.92 Å². The Morgan fingerprint density at radius 3 is 2.39 bits per heavy atom. The molecular formula is C22H26BrClN2O2. The van der Waals surface area contributed by atoms with Crippen LogP contribution in [-0.4, -0.2) is 29.3 Å². The third-order valence-electron chi connectivity index (χ3n) is 4.34. The quantitative estimate of drug-likeness (QED) is 0.607. The fourth-order valence-electron chi connectivity index (χ4n) is 2.79. The Morgan fingerprint density at radius 1 is 1.07 bits per heavy atom. The zero-order valence-corrected chi connectivity index (χ0v) is 18.8. The maximum absolute atomic E-state index is 13.1. The van der Waals surface area contributed by atoms with Crippen LogP contribution in [0.3, 0.4) is 0 Å². The molecule has 4 nitrogen and oxygen atoms in total. The van der Waals surface area contributed by atoms with Gasteiger partial charge in [0, 0.05) is 22.6 Å². The van der Waals surface area contributed by atoms with E-state index < -0.39 is 6.04 Å². The van der Waals surface area contributed by atoms with Gasteiger partial charge >= 0.3 is 0 Å². The van der Waals surface area contributed by atoms with Crippen LogP contribution >= 0.6 is 27.5 Å². The lowest BCUT2D eigenvalue weighted by molar-refractivity contribution is -0.140. The first-order valence-corrected chi connectivity index (χ1v) is 10.5. The van der Waals surface area contributed by atoms with E-state index in [0.717, 1.165) is 15.6 Å². The third-order valence-corrected chi connectivity index (χ3v) is 5.07. The summed E-state index contributed by atoms with van der Waals surface area (Å²) >= 11 is 9.50. The summed E-state index contributed by atoms with van der Waals surface area (Å²) in [5, 5.41) is 3.51. The van der Waals surface area contributed by atoms with Crippen LogP contribution in [0.25, 0.3) is 0 Å². The average molecular weight is 466 g/mol. The summed E-state index contributed by atoms with van der Waals surface area (Å²) in [4.78, 5) is 27.3. The lowest BCUT2D eigenvalue weighted by Gasteiger charge is -2.29. The summed E-state index contributed by atoms with van der Waals surface area (Å²) in [7, 11) is 0. The van der Waals surface area contributed by atoms with Gasteiger partial charge in [-0.15, -0.1) is 0 Å². The van der Waals surface area contributed by atoms with E-state index in [4.69, 9.17) is 11.6 Å². The Labute approximate surface area is 180 Å². The first kappa shape index (κ1) is 22.4. The second-order valence-electron chi connectivity index (χ2n) is 7.27. The molecule has 2 amide bonds. The zero-order valence-electron chi connectivity index (χ0n) is 16.4. The lowest BCUT2D eigenvalue weighted by Crippen LogP contribution is -2.48. The number of amides is 2. The molecule has 0 bridgehead atoms. The van der Waals surface area contributed by atoms with Crippen molar-refractivity contribution in [2.24, 2.45) is 5.92 Å². The van der Waals surface area contributed by atoms with Gasteiger partial charge in [-0.2, -0.15) is 0 Å². The molecule has 1 N–H and O–H groups in total. The van der Waals surface area contributed by atoms with E-state index in [9.17, 15) is 9.59 Å². The van der Waals surface area contributed by atoms with Crippen molar-refractivity contribution in [1.82, 2.24) is 10.2 Å². The van der Waals surface area contributed by atoms with Crippen molar-refractivity contribution in [3.63, 3.8) is 0 Å². The number of nitrogens with zero attached hydrogens (tertiary/aromatic N) is 1. The predicted octanol–water partition coefficient (Wildman–Crippen LogP) is 4.83. The van der Waals surface area contributed by atoms with Gasteiger partial charge in [0.2, 0.25) is 11.8 Å². The molecule has 6 heteroatoms. The van der Waals surface area contributed by atoms with Crippen molar-refractivity contribution in [3.05, 3.63) is 69.2 Å². The average Bonchev–Trinajstić information content (AvgIpc) is 2.63. The molecule has 2 aromatic rings. The molecule has 28 heavy (non-hydrogen) atoms. The van der Waals surface area contributed by atoms with Gasteiger partial charge in [-0.3, -0.25) is 9.59 Å². The second kappa shape index (κ2) is 10.6. The molecular weight excluding hydrogens is 440 g/mol. The molecule has 150 valence electrons. The Hall–Kier alpha value is -1.85. The minimum Gasteiger partial charge on any atom is -0.354 e. The summed E-state index contributed by atoms with van der Waals surface area (Å²) in [5.41, 5.74) is 1.78. The molecule has 0 aliphatic heterocycles. The van der Waals surface area contributed by atoms with E-state index in [-0.39, 0.29) is 18.2 Å². The summed E-state index contributed by atoms with van der Waals surface area (Å²) in [6.07, 6.45) is 0.191. The van der Waals surface area contributed by atoms with Gasteiger partial charge < -0.3 is 10.2 Å². The molecule has 0 aromatic heterocycles. The second-order valence-corrected chi connectivity index (χ2v) is 8.63. The van der Waals surface area contributed by atoms with Gasteiger partial charge in [-0.1, -0.05) is 65.6 Å². The van der Waals surface area contributed by atoms with Crippen molar-refractivity contribution in [3.8, 4) is 0 Å². The molecule has 1 atom stereocenters. The molecule has 0 spiro atoms. The van der Waals surface area contributed by atoms with Gasteiger partial charge in [0.25, 0.3) is 0 Å². The molecule has 2 rings (SSSR count). The number of carbonyl (C=O) groups is 2. The summed E-state index contributed by atoms with van der Waals surface area (Å²) < 4.78 is 0.934. The van der Waals surface area contributed by atoms with Gasteiger partial charge in [0.15, 0.2) is 0 Å². The number of hydrogen-bond donors (Lipinski definition) is 1. The molecule has 0 unspecified atom stereocenters.